The van der Waals surface area contributed by atoms with E-state index in [1.807, 2.05) is 0 Å². The molecule has 1 atom stereocenters. The lowest BCUT2D eigenvalue weighted by molar-refractivity contribution is 0.328. The zero-order valence-corrected chi connectivity index (χ0v) is 7.49. The molecule has 0 aromatic heterocycles. The van der Waals surface area contributed by atoms with Crippen molar-refractivity contribution in [1.29, 1.82) is 5.41 Å². The second kappa shape index (κ2) is 3.15. The van der Waals surface area contributed by atoms with Gasteiger partial charge in [0.25, 0.3) is 0 Å². The standard InChI is InChI=1S/C5H10O.C3H7N/c1-4-5(2,3)6-4;1-3(2)4/h4H,1-3H3;4H,1-2H3. The Bertz CT molecular complexity index is 125. The fraction of sp³-hybridized carbons (Fsp3) is 0.875. The van der Waals surface area contributed by atoms with Crippen LogP contribution in [0.25, 0.3) is 0 Å². The molecule has 1 rings (SSSR count). The second-order valence-electron chi connectivity index (χ2n) is 3.36. The molecule has 1 aliphatic heterocycles. The van der Waals surface area contributed by atoms with Crippen LogP contribution < -0.4 is 0 Å². The molecule has 0 spiro atoms. The van der Waals surface area contributed by atoms with Gasteiger partial charge in [-0.3, -0.25) is 0 Å². The van der Waals surface area contributed by atoms with Gasteiger partial charge in [-0.15, -0.1) is 0 Å². The van der Waals surface area contributed by atoms with E-state index in [4.69, 9.17) is 10.1 Å². The van der Waals surface area contributed by atoms with Gasteiger partial charge in [-0.05, 0) is 34.6 Å². The van der Waals surface area contributed by atoms with E-state index in [1.165, 1.54) is 0 Å². The van der Waals surface area contributed by atoms with Crippen molar-refractivity contribution in [2.24, 2.45) is 0 Å². The number of epoxide rings is 1. The molecule has 0 aliphatic carbocycles. The van der Waals surface area contributed by atoms with Crippen LogP contribution in [0.4, 0.5) is 0 Å². The van der Waals surface area contributed by atoms with Crippen molar-refractivity contribution in [2.45, 2.75) is 46.3 Å². The topological polar surface area (TPSA) is 36.4 Å². The fourth-order valence-corrected chi connectivity index (χ4v) is 0.422. The van der Waals surface area contributed by atoms with Gasteiger partial charge in [0.1, 0.15) is 0 Å². The first kappa shape index (κ1) is 9.63. The van der Waals surface area contributed by atoms with Gasteiger partial charge in [-0.25, -0.2) is 0 Å². The molecule has 60 valence electrons. The second-order valence-corrected chi connectivity index (χ2v) is 3.36. The first-order valence-corrected chi connectivity index (χ1v) is 3.56. The van der Waals surface area contributed by atoms with Crippen LogP contribution in [-0.2, 0) is 4.74 Å². The van der Waals surface area contributed by atoms with Crippen LogP contribution in [0.3, 0.4) is 0 Å². The molecular weight excluding hydrogens is 126 g/mol. The van der Waals surface area contributed by atoms with Gasteiger partial charge in [0.2, 0.25) is 0 Å². The number of hydrogen-bond donors (Lipinski definition) is 1. The summed E-state index contributed by atoms with van der Waals surface area (Å²) in [5.41, 5.74) is 0.875. The highest BCUT2D eigenvalue weighted by molar-refractivity contribution is 5.75. The third-order valence-corrected chi connectivity index (χ3v) is 1.40. The van der Waals surface area contributed by atoms with Gasteiger partial charge in [-0.2, -0.15) is 0 Å². The van der Waals surface area contributed by atoms with Crippen LogP contribution >= 0.6 is 0 Å². The molecule has 1 N–H and O–H groups in total. The number of hydrogen-bond acceptors (Lipinski definition) is 2. The molecule has 1 aliphatic rings. The minimum absolute atomic E-state index is 0.208. The predicted molar refractivity (Wildman–Crippen MR) is 43.7 cm³/mol. The van der Waals surface area contributed by atoms with E-state index in [0.717, 1.165) is 0 Å². The van der Waals surface area contributed by atoms with Crippen molar-refractivity contribution >= 4 is 5.71 Å². The Balaban J connectivity index is 0.000000180. The van der Waals surface area contributed by atoms with Crippen LogP contribution in [0, 0.1) is 5.41 Å². The Hall–Kier alpha value is -0.370. The van der Waals surface area contributed by atoms with Crippen molar-refractivity contribution in [3.05, 3.63) is 0 Å². The van der Waals surface area contributed by atoms with Gasteiger partial charge in [-0.1, -0.05) is 0 Å². The molecule has 2 heteroatoms. The monoisotopic (exact) mass is 143 g/mol. The summed E-state index contributed by atoms with van der Waals surface area (Å²) in [6, 6.07) is 0. The van der Waals surface area contributed by atoms with Crippen LogP contribution in [0.5, 0.6) is 0 Å². The summed E-state index contributed by atoms with van der Waals surface area (Å²) < 4.78 is 5.10. The summed E-state index contributed by atoms with van der Waals surface area (Å²) in [4.78, 5) is 0. The molecule has 1 fully saturated rings. The van der Waals surface area contributed by atoms with E-state index in [-0.39, 0.29) is 5.60 Å². The fourth-order valence-electron chi connectivity index (χ4n) is 0.422. The maximum Gasteiger partial charge on any atom is 0.0889 e. The van der Waals surface area contributed by atoms with Gasteiger partial charge in [0.05, 0.1) is 11.7 Å². The highest BCUT2D eigenvalue weighted by atomic mass is 16.6. The smallest absolute Gasteiger partial charge is 0.0889 e. The van der Waals surface area contributed by atoms with E-state index in [2.05, 4.69) is 20.8 Å². The van der Waals surface area contributed by atoms with Crippen molar-refractivity contribution < 1.29 is 4.74 Å². The number of rotatable bonds is 0. The van der Waals surface area contributed by atoms with Gasteiger partial charge < -0.3 is 10.1 Å². The Labute approximate surface area is 63.1 Å². The molecule has 1 saturated heterocycles. The molecule has 0 saturated carbocycles. The summed E-state index contributed by atoms with van der Waals surface area (Å²) in [7, 11) is 0. The van der Waals surface area contributed by atoms with Gasteiger partial charge in [0.15, 0.2) is 0 Å². The third kappa shape index (κ3) is 4.50. The highest BCUT2D eigenvalue weighted by Crippen LogP contribution is 2.33. The van der Waals surface area contributed by atoms with Crippen molar-refractivity contribution in [3.63, 3.8) is 0 Å². The molecule has 1 unspecified atom stereocenters. The SMILES string of the molecule is CC(C)=N.CC1OC1(C)C. The summed E-state index contributed by atoms with van der Waals surface area (Å²) >= 11 is 0. The molecule has 0 aromatic rings. The van der Waals surface area contributed by atoms with Crippen LogP contribution in [-0.4, -0.2) is 17.4 Å². The number of ether oxygens (including phenoxy) is 1. The van der Waals surface area contributed by atoms with E-state index in [0.29, 0.717) is 11.8 Å². The Morgan fingerprint density at radius 1 is 1.40 bits per heavy atom. The minimum Gasteiger partial charge on any atom is -0.367 e. The van der Waals surface area contributed by atoms with Crippen LogP contribution in [0.2, 0.25) is 0 Å². The average molecular weight is 143 g/mol. The molecule has 2 nitrogen and oxygen atoms in total. The maximum atomic E-state index is 6.50. The van der Waals surface area contributed by atoms with Crippen LogP contribution in [0.15, 0.2) is 0 Å². The van der Waals surface area contributed by atoms with E-state index in [9.17, 15) is 0 Å². The Morgan fingerprint density at radius 3 is 1.50 bits per heavy atom. The average Bonchev–Trinajstić information content (AvgIpc) is 2.08. The summed E-state index contributed by atoms with van der Waals surface area (Å²) in [5.74, 6) is 0. The third-order valence-electron chi connectivity index (χ3n) is 1.40. The zero-order chi connectivity index (χ0) is 8.36. The first-order chi connectivity index (χ1) is 4.36. The lowest BCUT2D eigenvalue weighted by atomic mass is 10.2. The quantitative estimate of drug-likeness (QED) is 0.409. The van der Waals surface area contributed by atoms with Crippen molar-refractivity contribution in [1.82, 2.24) is 0 Å². The normalized spacial score (nSPS) is 26.3. The van der Waals surface area contributed by atoms with E-state index in [1.54, 1.807) is 13.8 Å². The largest absolute Gasteiger partial charge is 0.367 e. The number of nitrogens with one attached hydrogen (secondary N) is 1. The van der Waals surface area contributed by atoms with E-state index < -0.39 is 0 Å². The molecule has 0 radical (unpaired) electrons. The van der Waals surface area contributed by atoms with E-state index >= 15 is 0 Å². The molecular formula is C8H17NO. The lowest BCUT2D eigenvalue weighted by Crippen LogP contribution is -1.97. The van der Waals surface area contributed by atoms with Gasteiger partial charge in [0, 0.05) is 5.71 Å². The Morgan fingerprint density at radius 2 is 1.50 bits per heavy atom. The summed E-state index contributed by atoms with van der Waals surface area (Å²) in [6.07, 6.45) is 0.498. The highest BCUT2D eigenvalue weighted by Gasteiger charge is 2.43. The Kier molecular flexibility index (Phi) is 3.03. The van der Waals surface area contributed by atoms with Crippen LogP contribution in [0.1, 0.15) is 34.6 Å². The maximum absolute atomic E-state index is 6.50. The molecule has 1 heterocycles. The van der Waals surface area contributed by atoms with Crippen molar-refractivity contribution in [2.75, 3.05) is 0 Å². The molecule has 0 aromatic carbocycles. The lowest BCUT2D eigenvalue weighted by Gasteiger charge is -1.84. The molecule has 0 amide bonds. The first-order valence-electron chi connectivity index (χ1n) is 3.56. The summed E-state index contributed by atoms with van der Waals surface area (Å²) in [6.45, 7) is 9.77. The zero-order valence-electron chi connectivity index (χ0n) is 7.49. The van der Waals surface area contributed by atoms with Gasteiger partial charge >= 0.3 is 0 Å². The minimum atomic E-state index is 0.208. The molecule has 10 heavy (non-hydrogen) atoms. The summed E-state index contributed by atoms with van der Waals surface area (Å²) in [5, 5.41) is 6.50. The predicted octanol–water partition coefficient (Wildman–Crippen LogP) is 2.23. The molecule has 0 bridgehead atoms. The van der Waals surface area contributed by atoms with Crippen molar-refractivity contribution in [3.8, 4) is 0 Å².